The summed E-state index contributed by atoms with van der Waals surface area (Å²) < 4.78 is 0. The van der Waals surface area contributed by atoms with Crippen molar-refractivity contribution in [3.8, 4) is 0 Å². The van der Waals surface area contributed by atoms with Gasteiger partial charge in [0.2, 0.25) is 0 Å². The highest BCUT2D eigenvalue weighted by Gasteiger charge is 1.99. The van der Waals surface area contributed by atoms with Gasteiger partial charge in [0.1, 0.15) is 4.84 Å². The lowest BCUT2D eigenvalue weighted by Crippen LogP contribution is -1.99. The number of rotatable bonds is 4. The van der Waals surface area contributed by atoms with Crippen molar-refractivity contribution in [1.82, 2.24) is 0 Å². The summed E-state index contributed by atoms with van der Waals surface area (Å²) >= 11 is 10.9. The molecule has 0 aromatic heterocycles. The highest BCUT2D eigenvalue weighted by molar-refractivity contribution is 6.44. The lowest BCUT2D eigenvalue weighted by atomic mass is 10.2. The van der Waals surface area contributed by atoms with E-state index in [-0.39, 0.29) is 10.9 Å². The van der Waals surface area contributed by atoms with Gasteiger partial charge in [0, 0.05) is 0 Å². The average Bonchev–Trinajstić information content (AvgIpc) is 1.63. The van der Waals surface area contributed by atoms with Crippen molar-refractivity contribution in [2.24, 2.45) is 0 Å². The van der Waals surface area contributed by atoms with Crippen LogP contribution in [0.25, 0.3) is 0 Å². The zero-order valence-electron chi connectivity index (χ0n) is 5.48. The number of halogens is 2. The van der Waals surface area contributed by atoms with Crippen LogP contribution in [0.1, 0.15) is 26.2 Å². The third-order valence-corrected chi connectivity index (χ3v) is 1.48. The minimum Gasteiger partial charge on any atom is -0.393 e. The first-order valence-electron chi connectivity index (χ1n) is 3.09. The van der Waals surface area contributed by atoms with Crippen molar-refractivity contribution < 1.29 is 5.11 Å². The van der Waals surface area contributed by atoms with Gasteiger partial charge in [0.05, 0.1) is 6.10 Å². The SMILES string of the molecule is CC(O)CCCC(Cl)Cl. The molecule has 0 aromatic rings. The number of aliphatic hydroxyl groups excluding tert-OH is 1. The lowest BCUT2D eigenvalue weighted by molar-refractivity contribution is 0.181. The van der Waals surface area contributed by atoms with E-state index in [4.69, 9.17) is 28.3 Å². The van der Waals surface area contributed by atoms with E-state index in [2.05, 4.69) is 0 Å². The smallest absolute Gasteiger partial charge is 0.107 e. The molecule has 0 aliphatic carbocycles. The Morgan fingerprint density at radius 3 is 2.22 bits per heavy atom. The molecule has 0 saturated heterocycles. The highest BCUT2D eigenvalue weighted by Crippen LogP contribution is 2.11. The minimum atomic E-state index is -0.274. The van der Waals surface area contributed by atoms with Crippen molar-refractivity contribution in [3.05, 3.63) is 0 Å². The van der Waals surface area contributed by atoms with Crippen LogP contribution in [0.3, 0.4) is 0 Å². The molecular weight excluding hydrogens is 159 g/mol. The van der Waals surface area contributed by atoms with E-state index in [1.54, 1.807) is 6.92 Å². The Morgan fingerprint density at radius 1 is 1.33 bits per heavy atom. The van der Waals surface area contributed by atoms with Crippen molar-refractivity contribution >= 4 is 23.2 Å². The van der Waals surface area contributed by atoms with Gasteiger partial charge in [-0.2, -0.15) is 0 Å². The normalized spacial score (nSPS) is 14.3. The van der Waals surface area contributed by atoms with Crippen molar-refractivity contribution in [2.75, 3.05) is 0 Å². The molecule has 3 heteroatoms. The van der Waals surface area contributed by atoms with Gasteiger partial charge in [-0.15, -0.1) is 23.2 Å². The molecule has 0 aliphatic heterocycles. The summed E-state index contributed by atoms with van der Waals surface area (Å²) in [4.78, 5) is -0.274. The zero-order chi connectivity index (χ0) is 7.28. The van der Waals surface area contributed by atoms with Crippen LogP contribution in [0, 0.1) is 0 Å². The first kappa shape index (κ1) is 9.54. The summed E-state index contributed by atoms with van der Waals surface area (Å²) in [5.41, 5.74) is 0. The number of aliphatic hydroxyl groups is 1. The van der Waals surface area contributed by atoms with Crippen LogP contribution in [0.4, 0.5) is 0 Å². The summed E-state index contributed by atoms with van der Waals surface area (Å²) in [6, 6.07) is 0. The largest absolute Gasteiger partial charge is 0.393 e. The van der Waals surface area contributed by atoms with Crippen LogP contribution in [-0.4, -0.2) is 16.0 Å². The van der Waals surface area contributed by atoms with Crippen LogP contribution in [0.5, 0.6) is 0 Å². The Kier molecular flexibility index (Phi) is 5.65. The van der Waals surface area contributed by atoms with E-state index >= 15 is 0 Å². The van der Waals surface area contributed by atoms with Crippen LogP contribution in [0.2, 0.25) is 0 Å². The predicted molar refractivity (Wildman–Crippen MR) is 41.0 cm³/mol. The summed E-state index contributed by atoms with van der Waals surface area (Å²) in [6.07, 6.45) is 2.23. The fourth-order valence-electron chi connectivity index (χ4n) is 0.568. The molecule has 0 heterocycles. The van der Waals surface area contributed by atoms with Crippen molar-refractivity contribution in [3.63, 3.8) is 0 Å². The third-order valence-electron chi connectivity index (χ3n) is 1.04. The van der Waals surface area contributed by atoms with Gasteiger partial charge >= 0.3 is 0 Å². The second kappa shape index (κ2) is 5.33. The molecule has 0 rings (SSSR count). The Hall–Kier alpha value is 0.540. The lowest BCUT2D eigenvalue weighted by Gasteiger charge is -2.02. The fourth-order valence-corrected chi connectivity index (χ4v) is 0.876. The third kappa shape index (κ3) is 8.54. The molecule has 1 atom stereocenters. The first-order chi connectivity index (χ1) is 4.13. The molecule has 1 N–H and O–H groups in total. The van der Waals surface area contributed by atoms with E-state index in [1.807, 2.05) is 0 Å². The summed E-state index contributed by atoms with van der Waals surface area (Å²) in [7, 11) is 0. The predicted octanol–water partition coefficient (Wildman–Crippen LogP) is 2.34. The maximum absolute atomic E-state index is 8.78. The number of hydrogen-bond donors (Lipinski definition) is 1. The van der Waals surface area contributed by atoms with E-state index < -0.39 is 0 Å². The maximum Gasteiger partial charge on any atom is 0.107 e. The highest BCUT2D eigenvalue weighted by atomic mass is 35.5. The Bertz CT molecular complexity index is 56.1. The molecule has 0 spiro atoms. The van der Waals surface area contributed by atoms with Crippen molar-refractivity contribution in [2.45, 2.75) is 37.1 Å². The first-order valence-corrected chi connectivity index (χ1v) is 3.96. The second-order valence-corrected chi connectivity index (χ2v) is 3.45. The monoisotopic (exact) mass is 170 g/mol. The minimum absolute atomic E-state index is 0.225. The molecule has 0 aliphatic rings. The van der Waals surface area contributed by atoms with Gasteiger partial charge in [-0.25, -0.2) is 0 Å². The number of hydrogen-bond acceptors (Lipinski definition) is 1. The Balaban J connectivity index is 2.91. The van der Waals surface area contributed by atoms with Gasteiger partial charge in [0.15, 0.2) is 0 Å². The molecule has 56 valence electrons. The van der Waals surface area contributed by atoms with E-state index in [9.17, 15) is 0 Å². The van der Waals surface area contributed by atoms with Crippen LogP contribution in [-0.2, 0) is 0 Å². The summed E-state index contributed by atoms with van der Waals surface area (Å²) in [5.74, 6) is 0. The molecule has 0 radical (unpaired) electrons. The molecule has 9 heavy (non-hydrogen) atoms. The van der Waals surface area contributed by atoms with Gasteiger partial charge in [-0.05, 0) is 26.2 Å². The van der Waals surface area contributed by atoms with Crippen LogP contribution in [0.15, 0.2) is 0 Å². The molecule has 0 saturated carbocycles. The molecule has 1 unspecified atom stereocenters. The topological polar surface area (TPSA) is 20.2 Å². The molecule has 1 nitrogen and oxygen atoms in total. The van der Waals surface area contributed by atoms with E-state index in [1.165, 1.54) is 0 Å². The Morgan fingerprint density at radius 2 is 1.89 bits per heavy atom. The molecule has 0 aromatic carbocycles. The second-order valence-electron chi connectivity index (χ2n) is 2.17. The quantitative estimate of drug-likeness (QED) is 0.643. The van der Waals surface area contributed by atoms with Gasteiger partial charge in [-0.1, -0.05) is 0 Å². The van der Waals surface area contributed by atoms with E-state index in [0.29, 0.717) is 0 Å². The summed E-state index contributed by atoms with van der Waals surface area (Å²) in [5, 5.41) is 8.78. The molecule has 0 fully saturated rings. The Labute approximate surface area is 66.0 Å². The van der Waals surface area contributed by atoms with E-state index in [0.717, 1.165) is 19.3 Å². The molecule has 0 amide bonds. The van der Waals surface area contributed by atoms with Crippen LogP contribution >= 0.6 is 23.2 Å². The fraction of sp³-hybridized carbons (Fsp3) is 1.00. The average molecular weight is 171 g/mol. The molecular formula is C6H12Cl2O. The maximum atomic E-state index is 8.78. The summed E-state index contributed by atoms with van der Waals surface area (Å²) in [6.45, 7) is 1.76. The van der Waals surface area contributed by atoms with Gasteiger partial charge < -0.3 is 5.11 Å². The van der Waals surface area contributed by atoms with Crippen molar-refractivity contribution in [1.29, 1.82) is 0 Å². The standard InChI is InChI=1S/C6H12Cl2O/c1-5(9)3-2-4-6(7)8/h5-6,9H,2-4H2,1H3. The number of alkyl halides is 2. The zero-order valence-corrected chi connectivity index (χ0v) is 6.99. The van der Waals surface area contributed by atoms with Gasteiger partial charge in [0.25, 0.3) is 0 Å². The van der Waals surface area contributed by atoms with Crippen LogP contribution < -0.4 is 0 Å². The van der Waals surface area contributed by atoms with Gasteiger partial charge in [-0.3, -0.25) is 0 Å². The molecule has 0 bridgehead atoms.